The number of anilines is 1. The summed E-state index contributed by atoms with van der Waals surface area (Å²) in [5, 5.41) is 10.4. The van der Waals surface area contributed by atoms with Gasteiger partial charge in [-0.05, 0) is 49.6 Å². The fraction of sp³-hybridized carbons (Fsp3) is 0.280. The van der Waals surface area contributed by atoms with Gasteiger partial charge in [0.25, 0.3) is 0 Å². The van der Waals surface area contributed by atoms with Crippen LogP contribution in [0.2, 0.25) is 0 Å². The maximum atomic E-state index is 6.29. The van der Waals surface area contributed by atoms with Crippen LogP contribution in [0.25, 0.3) is 27.5 Å². The lowest BCUT2D eigenvalue weighted by Crippen LogP contribution is -2.13. The lowest BCUT2D eigenvalue weighted by Gasteiger charge is -2.10. The predicted molar refractivity (Wildman–Crippen MR) is 131 cm³/mol. The molecule has 3 aromatic heterocycles. The zero-order chi connectivity index (χ0) is 22.8. The highest BCUT2D eigenvalue weighted by molar-refractivity contribution is 5.92. The first-order chi connectivity index (χ1) is 16.1. The first kappa shape index (κ1) is 21.1. The molecule has 1 aromatic carbocycles. The molecular formula is C25H27N7O. The van der Waals surface area contributed by atoms with Crippen LogP contribution < -0.4 is 5.73 Å². The molecule has 1 atom stereocenters. The smallest absolute Gasteiger partial charge is 0.151 e. The molecule has 0 fully saturated rings. The predicted octanol–water partition coefficient (Wildman–Crippen LogP) is 4.21. The van der Waals surface area contributed by atoms with Gasteiger partial charge in [-0.15, -0.1) is 0 Å². The van der Waals surface area contributed by atoms with E-state index < -0.39 is 0 Å². The van der Waals surface area contributed by atoms with Crippen LogP contribution in [0, 0.1) is 0 Å². The Balaban J connectivity index is 1.52. The number of benzene rings is 1. The molecule has 1 unspecified atom stereocenters. The van der Waals surface area contributed by atoms with Crippen LogP contribution in [-0.4, -0.2) is 43.3 Å². The molecule has 2 N–H and O–H groups in total. The largest absolute Gasteiger partial charge is 0.382 e. The Morgan fingerprint density at radius 2 is 2.15 bits per heavy atom. The molecule has 0 aliphatic carbocycles. The number of nitrogen functional groups attached to an aromatic ring is 1. The van der Waals surface area contributed by atoms with Crippen molar-refractivity contribution in [1.82, 2.24) is 24.4 Å². The van der Waals surface area contributed by atoms with Gasteiger partial charge in [-0.2, -0.15) is 10.2 Å². The summed E-state index contributed by atoms with van der Waals surface area (Å²) in [7, 11) is 0. The summed E-state index contributed by atoms with van der Waals surface area (Å²) >= 11 is 0. The van der Waals surface area contributed by atoms with Crippen LogP contribution in [0.3, 0.4) is 0 Å². The van der Waals surface area contributed by atoms with Crippen molar-refractivity contribution in [3.8, 4) is 11.1 Å². The number of fused-ring (bicyclic) bond motifs is 2. The highest BCUT2D eigenvalue weighted by Gasteiger charge is 2.18. The third-order valence-electron chi connectivity index (χ3n) is 5.80. The molecule has 4 heterocycles. The average Bonchev–Trinajstić information content (AvgIpc) is 3.26. The summed E-state index contributed by atoms with van der Waals surface area (Å²) in [6.07, 6.45) is 13.0. The Morgan fingerprint density at radius 3 is 3.03 bits per heavy atom. The summed E-state index contributed by atoms with van der Waals surface area (Å²) in [5.74, 6) is 0.455. The minimum absolute atomic E-state index is 0.0773. The molecule has 168 valence electrons. The van der Waals surface area contributed by atoms with Crippen LogP contribution >= 0.6 is 0 Å². The van der Waals surface area contributed by atoms with E-state index in [2.05, 4.69) is 64.6 Å². The molecule has 0 spiro atoms. The Labute approximate surface area is 192 Å². The molecule has 8 nitrogen and oxygen atoms in total. The number of allylic oxidation sites excluding steroid dienone is 3. The van der Waals surface area contributed by atoms with Crippen LogP contribution in [0.1, 0.15) is 26.0 Å². The van der Waals surface area contributed by atoms with Gasteiger partial charge in [0.1, 0.15) is 11.8 Å². The molecule has 0 amide bonds. The van der Waals surface area contributed by atoms with E-state index >= 15 is 0 Å². The van der Waals surface area contributed by atoms with E-state index in [-0.39, 0.29) is 6.10 Å². The summed E-state index contributed by atoms with van der Waals surface area (Å²) in [4.78, 5) is 8.40. The van der Waals surface area contributed by atoms with E-state index in [4.69, 9.17) is 15.6 Å². The van der Waals surface area contributed by atoms with Crippen molar-refractivity contribution >= 4 is 28.5 Å². The van der Waals surface area contributed by atoms with Crippen molar-refractivity contribution in [3.05, 3.63) is 66.4 Å². The van der Waals surface area contributed by atoms with E-state index in [0.717, 1.165) is 52.6 Å². The zero-order valence-electron chi connectivity index (χ0n) is 18.8. The quantitative estimate of drug-likeness (QED) is 0.463. The highest BCUT2D eigenvalue weighted by Crippen LogP contribution is 2.32. The van der Waals surface area contributed by atoms with Gasteiger partial charge in [0.05, 0.1) is 18.2 Å². The zero-order valence-corrected chi connectivity index (χ0v) is 18.8. The normalized spacial score (nSPS) is 14.7. The number of rotatable bonds is 7. The first-order valence-corrected chi connectivity index (χ1v) is 11.2. The second kappa shape index (κ2) is 8.99. The SMILES string of the molecule is CCOC(C)Cc1cc(-c2ccc3cn(CC4=CC=NC=CC4)nc3c2)c2c(N)ncnn12. The molecule has 0 saturated heterocycles. The van der Waals surface area contributed by atoms with Gasteiger partial charge < -0.3 is 10.5 Å². The summed E-state index contributed by atoms with van der Waals surface area (Å²) in [5.41, 5.74) is 12.4. The van der Waals surface area contributed by atoms with Crippen molar-refractivity contribution in [2.45, 2.75) is 39.3 Å². The topological polar surface area (TPSA) is 95.6 Å². The minimum Gasteiger partial charge on any atom is -0.382 e. The molecule has 0 saturated carbocycles. The molecule has 8 heteroatoms. The number of hydrogen-bond acceptors (Lipinski definition) is 6. The molecular weight excluding hydrogens is 414 g/mol. The number of aliphatic imine (C=N–C) groups is 1. The van der Waals surface area contributed by atoms with Crippen molar-refractivity contribution in [1.29, 1.82) is 0 Å². The first-order valence-electron chi connectivity index (χ1n) is 11.2. The minimum atomic E-state index is 0.0773. The van der Waals surface area contributed by atoms with Gasteiger partial charge in [-0.3, -0.25) is 9.67 Å². The number of nitrogens with two attached hydrogens (primary N) is 1. The monoisotopic (exact) mass is 441 g/mol. The maximum absolute atomic E-state index is 6.29. The third-order valence-corrected chi connectivity index (χ3v) is 5.80. The number of hydrogen-bond donors (Lipinski definition) is 1. The van der Waals surface area contributed by atoms with Crippen molar-refractivity contribution in [2.24, 2.45) is 4.99 Å². The second-order valence-corrected chi connectivity index (χ2v) is 8.24. The van der Waals surface area contributed by atoms with Crippen LogP contribution in [0.15, 0.2) is 65.7 Å². The molecule has 1 aliphatic rings. The van der Waals surface area contributed by atoms with E-state index in [1.54, 1.807) is 0 Å². The third kappa shape index (κ3) is 4.29. The fourth-order valence-corrected chi connectivity index (χ4v) is 4.31. The van der Waals surface area contributed by atoms with Gasteiger partial charge in [-0.25, -0.2) is 9.50 Å². The molecule has 0 bridgehead atoms. The van der Waals surface area contributed by atoms with Crippen LogP contribution in [0.4, 0.5) is 5.82 Å². The number of nitrogens with zero attached hydrogens (tertiary/aromatic N) is 6. The Hall–Kier alpha value is -3.78. The van der Waals surface area contributed by atoms with E-state index in [1.165, 1.54) is 11.9 Å². The number of aromatic nitrogens is 5. The lowest BCUT2D eigenvalue weighted by molar-refractivity contribution is 0.0759. The summed E-state index contributed by atoms with van der Waals surface area (Å²) in [6.45, 7) is 5.48. The molecule has 5 rings (SSSR count). The fourth-order valence-electron chi connectivity index (χ4n) is 4.31. The van der Waals surface area contributed by atoms with Gasteiger partial charge in [-0.1, -0.05) is 18.2 Å². The molecule has 0 radical (unpaired) electrons. The van der Waals surface area contributed by atoms with Crippen molar-refractivity contribution in [3.63, 3.8) is 0 Å². The Morgan fingerprint density at radius 1 is 1.24 bits per heavy atom. The standard InChI is InChI=1S/C25H27N7O/c1-3-33-17(2)11-21-13-22(24-25(26)28-16-29-32(21)24)19-6-7-20-15-31(30-23(20)12-19)14-18-5-4-9-27-10-8-18/h4,6-10,12-13,15-17H,3,5,11,14H2,1-2H3,(H2,26,28,29). The number of ether oxygens (including phenoxy) is 1. The maximum Gasteiger partial charge on any atom is 0.151 e. The second-order valence-electron chi connectivity index (χ2n) is 8.24. The Kier molecular flexibility index (Phi) is 5.75. The Bertz CT molecular complexity index is 1390. The van der Waals surface area contributed by atoms with Crippen molar-refractivity contribution in [2.75, 3.05) is 12.3 Å². The van der Waals surface area contributed by atoms with Gasteiger partial charge in [0.2, 0.25) is 0 Å². The highest BCUT2D eigenvalue weighted by atomic mass is 16.5. The van der Waals surface area contributed by atoms with E-state index in [9.17, 15) is 0 Å². The molecule has 4 aromatic rings. The molecule has 33 heavy (non-hydrogen) atoms. The van der Waals surface area contributed by atoms with Gasteiger partial charge >= 0.3 is 0 Å². The molecule has 1 aliphatic heterocycles. The summed E-state index contributed by atoms with van der Waals surface area (Å²) in [6, 6.07) is 8.44. The van der Waals surface area contributed by atoms with Crippen molar-refractivity contribution < 1.29 is 4.74 Å². The lowest BCUT2D eigenvalue weighted by atomic mass is 10.0. The van der Waals surface area contributed by atoms with Gasteiger partial charge in [0.15, 0.2) is 5.82 Å². The summed E-state index contributed by atoms with van der Waals surface area (Å²) < 4.78 is 9.62. The van der Waals surface area contributed by atoms with E-state index in [0.29, 0.717) is 12.4 Å². The van der Waals surface area contributed by atoms with Crippen LogP contribution in [0.5, 0.6) is 0 Å². The van der Waals surface area contributed by atoms with Gasteiger partial charge in [0, 0.05) is 48.3 Å². The van der Waals surface area contributed by atoms with Crippen LogP contribution in [-0.2, 0) is 17.7 Å². The average molecular weight is 442 g/mol. The van der Waals surface area contributed by atoms with E-state index in [1.807, 2.05) is 28.5 Å².